The Labute approximate surface area is 180 Å². The van der Waals surface area contributed by atoms with Crippen molar-refractivity contribution in [2.75, 3.05) is 28.2 Å². The highest BCUT2D eigenvalue weighted by Crippen LogP contribution is 2.41. The number of hydrogen-bond donors (Lipinski definition) is 1. The number of carbonyl (C=O) groups excluding carboxylic acids is 1. The maximum Gasteiger partial charge on any atom is 0.227 e. The summed E-state index contributed by atoms with van der Waals surface area (Å²) >= 11 is 4.06. The van der Waals surface area contributed by atoms with E-state index in [0.717, 1.165) is 60.6 Å². The Hall–Kier alpha value is -0.980. The van der Waals surface area contributed by atoms with Gasteiger partial charge in [0.2, 0.25) is 5.91 Å². The van der Waals surface area contributed by atoms with Crippen LogP contribution in [0.4, 0.5) is 11.4 Å². The van der Waals surface area contributed by atoms with E-state index in [4.69, 9.17) is 0 Å². The number of unbranched alkanes of at least 4 members (excludes halogenated alkanes) is 1. The average molecular weight is 497 g/mol. The number of fused-ring (bicyclic) bond motifs is 1. The van der Waals surface area contributed by atoms with Crippen molar-refractivity contribution >= 4 is 57.7 Å². The van der Waals surface area contributed by atoms with Crippen molar-refractivity contribution in [3.63, 3.8) is 0 Å². The van der Waals surface area contributed by atoms with Gasteiger partial charge in [-0.25, -0.2) is 0 Å². The molecule has 0 radical (unpaired) electrons. The van der Waals surface area contributed by atoms with Crippen LogP contribution < -0.4 is 10.2 Å². The second-order valence-electron chi connectivity index (χ2n) is 7.28. The monoisotopic (exact) mass is 497 g/mol. The highest BCUT2D eigenvalue weighted by atomic mass is 127. The third-order valence-corrected chi connectivity index (χ3v) is 6.90. The molecule has 1 aromatic heterocycles. The minimum Gasteiger partial charge on any atom is -0.372 e. The Morgan fingerprint density at radius 3 is 2.85 bits per heavy atom. The number of alkyl halides is 1. The summed E-state index contributed by atoms with van der Waals surface area (Å²) in [6.45, 7) is 0.972. The van der Waals surface area contributed by atoms with Gasteiger partial charge in [-0.3, -0.25) is 9.78 Å². The molecule has 0 aromatic carbocycles. The summed E-state index contributed by atoms with van der Waals surface area (Å²) in [4.78, 5) is 20.9. The first kappa shape index (κ1) is 20.7. The minimum atomic E-state index is 0.133. The van der Waals surface area contributed by atoms with Gasteiger partial charge in [0.1, 0.15) is 0 Å². The Morgan fingerprint density at radius 1 is 1.33 bits per heavy atom. The van der Waals surface area contributed by atoms with Gasteiger partial charge in [-0.05, 0) is 30.1 Å². The molecule has 0 unspecified atom stereocenters. The molecule has 1 saturated carbocycles. The van der Waals surface area contributed by atoms with Crippen LogP contribution in [0, 0.1) is 5.92 Å². The van der Waals surface area contributed by atoms with E-state index in [1.165, 1.54) is 23.7 Å². The fraction of sp³-hybridized carbons (Fsp3) is 0.571. The molecule has 0 atom stereocenters. The molecule has 0 bridgehead atoms. The third-order valence-electron chi connectivity index (χ3n) is 5.24. The molecule has 1 aliphatic heterocycles. The molecule has 2 aliphatic rings. The molecule has 27 heavy (non-hydrogen) atoms. The van der Waals surface area contributed by atoms with Crippen molar-refractivity contribution in [3.8, 4) is 0 Å². The summed E-state index contributed by atoms with van der Waals surface area (Å²) in [5.74, 6) is 0.292. The van der Waals surface area contributed by atoms with Crippen molar-refractivity contribution < 1.29 is 4.79 Å². The van der Waals surface area contributed by atoms with Crippen LogP contribution in [-0.4, -0.2) is 28.9 Å². The summed E-state index contributed by atoms with van der Waals surface area (Å²) < 4.78 is 1.17. The van der Waals surface area contributed by atoms with Crippen molar-refractivity contribution in [2.24, 2.45) is 5.92 Å². The van der Waals surface area contributed by atoms with Gasteiger partial charge in [0.05, 0.1) is 28.2 Å². The fourth-order valence-electron chi connectivity index (χ4n) is 3.72. The van der Waals surface area contributed by atoms with Gasteiger partial charge in [0.15, 0.2) is 0 Å². The Kier molecular flexibility index (Phi) is 8.09. The standard InChI is InChI=1S/C21H28IN3OS/c1-25(13-7-6-12-22)19-18(15-23-17-11-8-14-27-20(17)19)24-21(26)16-9-4-2-3-5-10-16/h11,14-16H,2-7,9-10,12-13H2,1H3,(H,24,26). The molecule has 1 aliphatic carbocycles. The molecule has 1 fully saturated rings. The maximum absolute atomic E-state index is 12.9. The van der Waals surface area contributed by atoms with Gasteiger partial charge in [0, 0.05) is 31.0 Å². The van der Waals surface area contributed by atoms with E-state index in [2.05, 4.69) is 50.6 Å². The topological polar surface area (TPSA) is 45.2 Å². The number of thioether (sulfide) groups is 1. The molecule has 3 rings (SSSR count). The lowest BCUT2D eigenvalue weighted by Gasteiger charge is -2.27. The quantitative estimate of drug-likeness (QED) is 0.168. The first-order valence-corrected chi connectivity index (χ1v) is 12.3. The van der Waals surface area contributed by atoms with Crippen molar-refractivity contribution in [2.45, 2.75) is 56.3 Å². The van der Waals surface area contributed by atoms with E-state index in [1.54, 1.807) is 11.8 Å². The van der Waals surface area contributed by atoms with E-state index in [-0.39, 0.29) is 11.8 Å². The molecule has 4 nitrogen and oxygen atoms in total. The van der Waals surface area contributed by atoms with E-state index >= 15 is 0 Å². The molecule has 1 amide bonds. The van der Waals surface area contributed by atoms with Crippen LogP contribution in [-0.2, 0) is 4.79 Å². The van der Waals surface area contributed by atoms with Crippen molar-refractivity contribution in [3.05, 3.63) is 23.0 Å². The van der Waals surface area contributed by atoms with Crippen LogP contribution in [0.25, 0.3) is 6.08 Å². The largest absolute Gasteiger partial charge is 0.372 e. The van der Waals surface area contributed by atoms with Gasteiger partial charge in [-0.1, -0.05) is 60.0 Å². The molecule has 2 heterocycles. The number of nitrogens with zero attached hydrogens (tertiary/aromatic N) is 2. The number of halogens is 1. The van der Waals surface area contributed by atoms with E-state index in [0.29, 0.717) is 0 Å². The Morgan fingerprint density at radius 2 is 2.11 bits per heavy atom. The summed E-state index contributed by atoms with van der Waals surface area (Å²) in [6, 6.07) is 0. The van der Waals surface area contributed by atoms with Gasteiger partial charge >= 0.3 is 0 Å². The van der Waals surface area contributed by atoms with Gasteiger partial charge in [-0.15, -0.1) is 5.73 Å². The molecular weight excluding hydrogens is 469 g/mol. The minimum absolute atomic E-state index is 0.133. The molecule has 146 valence electrons. The lowest BCUT2D eigenvalue weighted by Crippen LogP contribution is -2.26. The van der Waals surface area contributed by atoms with Crippen LogP contribution in [0.5, 0.6) is 0 Å². The zero-order valence-electron chi connectivity index (χ0n) is 16.0. The second kappa shape index (κ2) is 10.5. The zero-order chi connectivity index (χ0) is 19.1. The smallest absolute Gasteiger partial charge is 0.227 e. The molecule has 1 aromatic rings. The van der Waals surface area contributed by atoms with Crippen LogP contribution in [0.3, 0.4) is 0 Å². The lowest BCUT2D eigenvalue weighted by molar-refractivity contribution is -0.120. The fourth-order valence-corrected chi connectivity index (χ4v) is 5.13. The van der Waals surface area contributed by atoms with Crippen molar-refractivity contribution in [1.29, 1.82) is 0 Å². The first-order chi connectivity index (χ1) is 13.2. The number of carbonyl (C=O) groups is 1. The van der Waals surface area contributed by atoms with Gasteiger partial charge in [0.25, 0.3) is 0 Å². The van der Waals surface area contributed by atoms with E-state index in [9.17, 15) is 4.79 Å². The summed E-state index contributed by atoms with van der Waals surface area (Å²) in [5.41, 5.74) is 5.99. The van der Waals surface area contributed by atoms with E-state index < -0.39 is 0 Å². The van der Waals surface area contributed by atoms with Crippen molar-refractivity contribution in [1.82, 2.24) is 4.98 Å². The third kappa shape index (κ3) is 5.52. The van der Waals surface area contributed by atoms with Crippen LogP contribution in [0.15, 0.2) is 22.2 Å². The number of pyridine rings is 1. The SMILES string of the molecule is CN(CCCCI)c1c(NC(=O)C2CCCCCC2)cnc2c1SC=C=C2. The molecule has 0 spiro atoms. The normalized spacial score (nSPS) is 16.7. The summed E-state index contributed by atoms with van der Waals surface area (Å²) in [7, 11) is 2.12. The molecule has 1 N–H and O–H groups in total. The number of rotatable bonds is 7. The predicted octanol–water partition coefficient (Wildman–Crippen LogP) is 5.87. The van der Waals surface area contributed by atoms with E-state index in [1.807, 2.05) is 17.7 Å². The summed E-state index contributed by atoms with van der Waals surface area (Å²) in [5, 5.41) is 5.18. The molecular formula is C21H28IN3OS. The van der Waals surface area contributed by atoms with Gasteiger partial charge < -0.3 is 10.2 Å². The number of amides is 1. The zero-order valence-corrected chi connectivity index (χ0v) is 18.9. The second-order valence-corrected chi connectivity index (χ2v) is 9.24. The first-order valence-electron chi connectivity index (χ1n) is 9.89. The highest BCUT2D eigenvalue weighted by molar-refractivity contribution is 14.1. The number of nitrogens with one attached hydrogen (secondary N) is 1. The molecule has 0 saturated heterocycles. The number of aromatic nitrogens is 1. The van der Waals surface area contributed by atoms with Crippen LogP contribution in [0.1, 0.15) is 57.1 Å². The Balaban J connectivity index is 1.83. The molecule has 6 heteroatoms. The number of hydrogen-bond acceptors (Lipinski definition) is 4. The average Bonchev–Trinajstić information content (AvgIpc) is 2.97. The highest BCUT2D eigenvalue weighted by Gasteiger charge is 2.24. The maximum atomic E-state index is 12.9. The lowest BCUT2D eigenvalue weighted by atomic mass is 9.99. The summed E-state index contributed by atoms with van der Waals surface area (Å²) in [6.07, 6.45) is 12.9. The van der Waals surface area contributed by atoms with Gasteiger partial charge in [-0.2, -0.15) is 0 Å². The van der Waals surface area contributed by atoms with Crippen LogP contribution in [0.2, 0.25) is 0 Å². The Bertz CT molecular complexity index is 722. The van der Waals surface area contributed by atoms with Crippen LogP contribution >= 0.6 is 34.4 Å². The number of anilines is 2. The predicted molar refractivity (Wildman–Crippen MR) is 124 cm³/mol.